The summed E-state index contributed by atoms with van der Waals surface area (Å²) in [5, 5.41) is 5.69. The second-order valence-corrected chi connectivity index (χ2v) is 6.51. The first-order valence-corrected chi connectivity index (χ1v) is 8.25. The van der Waals surface area contributed by atoms with Gasteiger partial charge in [-0.15, -0.1) is 0 Å². The zero-order chi connectivity index (χ0) is 15.5. The Labute approximate surface area is 123 Å². The molecule has 9 heteroatoms. The maximum Gasteiger partial charge on any atom is 0.342 e. The lowest BCUT2D eigenvalue weighted by Gasteiger charge is -2.14. The highest BCUT2D eigenvalue weighted by Crippen LogP contribution is 2.20. The van der Waals surface area contributed by atoms with Crippen molar-refractivity contribution in [2.45, 2.75) is 31.4 Å². The van der Waals surface area contributed by atoms with Crippen LogP contribution in [0.1, 0.15) is 30.6 Å². The van der Waals surface area contributed by atoms with Crippen LogP contribution in [0.4, 0.5) is 0 Å². The number of nitrogens with zero attached hydrogens (tertiary/aromatic N) is 1. The molecule has 0 aromatic carbocycles. The van der Waals surface area contributed by atoms with Gasteiger partial charge in [0.1, 0.15) is 5.56 Å². The standard InChI is InChI=1S/C12H19N3O5S/c1-3-19-12(16)10-7-13-15-11(10)21(17,18)14-6-9-4-5-20-8(9)2/h7-9,14H,3-6H2,1-2H3,(H,13,15). The molecule has 21 heavy (non-hydrogen) atoms. The van der Waals surface area contributed by atoms with E-state index in [4.69, 9.17) is 9.47 Å². The molecule has 2 unspecified atom stereocenters. The minimum atomic E-state index is -3.85. The van der Waals surface area contributed by atoms with Gasteiger partial charge in [-0.2, -0.15) is 5.10 Å². The molecule has 118 valence electrons. The van der Waals surface area contributed by atoms with Crippen LogP contribution in [0.15, 0.2) is 11.2 Å². The molecular weight excluding hydrogens is 298 g/mol. The highest BCUT2D eigenvalue weighted by Gasteiger charge is 2.29. The van der Waals surface area contributed by atoms with Crippen molar-refractivity contribution in [1.82, 2.24) is 14.9 Å². The van der Waals surface area contributed by atoms with E-state index in [1.165, 1.54) is 0 Å². The molecule has 0 radical (unpaired) electrons. The largest absolute Gasteiger partial charge is 0.462 e. The zero-order valence-corrected chi connectivity index (χ0v) is 12.8. The highest BCUT2D eigenvalue weighted by atomic mass is 32.2. The van der Waals surface area contributed by atoms with Crippen LogP contribution in [0.5, 0.6) is 0 Å². The average molecular weight is 317 g/mol. The molecule has 1 aliphatic rings. The lowest BCUT2D eigenvalue weighted by Crippen LogP contribution is -2.33. The molecule has 0 saturated carbocycles. The van der Waals surface area contributed by atoms with E-state index >= 15 is 0 Å². The first-order valence-electron chi connectivity index (χ1n) is 6.77. The molecule has 0 bridgehead atoms. The van der Waals surface area contributed by atoms with Gasteiger partial charge in [0.25, 0.3) is 10.0 Å². The lowest BCUT2D eigenvalue weighted by molar-refractivity contribution is 0.0521. The molecule has 1 fully saturated rings. The Hall–Kier alpha value is -1.45. The number of aromatic amines is 1. The maximum absolute atomic E-state index is 12.3. The quantitative estimate of drug-likeness (QED) is 0.730. The summed E-state index contributed by atoms with van der Waals surface area (Å²) in [6, 6.07) is 0. The number of nitrogens with one attached hydrogen (secondary N) is 2. The number of rotatable bonds is 6. The second kappa shape index (κ2) is 6.54. The van der Waals surface area contributed by atoms with Crippen LogP contribution in [-0.2, 0) is 19.5 Å². The number of H-pyrrole nitrogens is 1. The summed E-state index contributed by atoms with van der Waals surface area (Å²) in [5.74, 6) is -0.599. The molecule has 2 N–H and O–H groups in total. The van der Waals surface area contributed by atoms with E-state index in [9.17, 15) is 13.2 Å². The van der Waals surface area contributed by atoms with E-state index < -0.39 is 16.0 Å². The van der Waals surface area contributed by atoms with Crippen LogP contribution in [0.25, 0.3) is 0 Å². The Morgan fingerprint density at radius 2 is 2.38 bits per heavy atom. The molecule has 0 aliphatic carbocycles. The SMILES string of the molecule is CCOC(=O)c1cn[nH]c1S(=O)(=O)NCC1CCOC1C. The molecule has 2 rings (SSSR count). The highest BCUT2D eigenvalue weighted by molar-refractivity contribution is 7.89. The Kier molecular flexibility index (Phi) is 4.96. The Bertz CT molecular complexity index is 598. The normalized spacial score (nSPS) is 22.4. The Morgan fingerprint density at radius 3 is 3.00 bits per heavy atom. The van der Waals surface area contributed by atoms with Crippen molar-refractivity contribution in [3.8, 4) is 0 Å². The van der Waals surface area contributed by atoms with E-state index in [-0.39, 0.29) is 35.8 Å². The van der Waals surface area contributed by atoms with Crippen LogP contribution in [0.3, 0.4) is 0 Å². The minimum Gasteiger partial charge on any atom is -0.462 e. The van der Waals surface area contributed by atoms with Gasteiger partial charge >= 0.3 is 5.97 Å². The average Bonchev–Trinajstić information content (AvgIpc) is 3.05. The van der Waals surface area contributed by atoms with Gasteiger partial charge < -0.3 is 9.47 Å². The fraction of sp³-hybridized carbons (Fsp3) is 0.667. The number of sulfonamides is 1. The van der Waals surface area contributed by atoms with Gasteiger partial charge in [0.15, 0.2) is 5.03 Å². The molecule has 1 saturated heterocycles. The number of ether oxygens (including phenoxy) is 2. The van der Waals surface area contributed by atoms with Crippen molar-refractivity contribution >= 4 is 16.0 Å². The van der Waals surface area contributed by atoms with Crippen molar-refractivity contribution < 1.29 is 22.7 Å². The van der Waals surface area contributed by atoms with Gasteiger partial charge in [-0.1, -0.05) is 0 Å². The smallest absolute Gasteiger partial charge is 0.342 e. The van der Waals surface area contributed by atoms with Crippen LogP contribution >= 0.6 is 0 Å². The summed E-state index contributed by atoms with van der Waals surface area (Å²) in [6.07, 6.45) is 1.96. The third kappa shape index (κ3) is 3.60. The zero-order valence-electron chi connectivity index (χ0n) is 12.0. The molecule has 0 amide bonds. The van der Waals surface area contributed by atoms with E-state index in [1.807, 2.05) is 6.92 Å². The van der Waals surface area contributed by atoms with E-state index in [0.717, 1.165) is 12.6 Å². The van der Waals surface area contributed by atoms with Crippen LogP contribution < -0.4 is 4.72 Å². The summed E-state index contributed by atoms with van der Waals surface area (Å²) in [4.78, 5) is 11.7. The third-order valence-corrected chi connectivity index (χ3v) is 4.83. The van der Waals surface area contributed by atoms with Crippen molar-refractivity contribution in [1.29, 1.82) is 0 Å². The number of carbonyl (C=O) groups excluding carboxylic acids is 1. The summed E-state index contributed by atoms with van der Waals surface area (Å²) < 4.78 is 37.2. The molecule has 1 aliphatic heterocycles. The fourth-order valence-corrected chi connectivity index (χ4v) is 3.34. The van der Waals surface area contributed by atoms with Gasteiger partial charge in [0.05, 0.1) is 18.9 Å². The molecule has 0 spiro atoms. The van der Waals surface area contributed by atoms with Gasteiger partial charge in [-0.05, 0) is 20.3 Å². The summed E-state index contributed by atoms with van der Waals surface area (Å²) in [6.45, 7) is 4.60. The van der Waals surface area contributed by atoms with Crippen LogP contribution in [0, 0.1) is 5.92 Å². The Balaban J connectivity index is 2.09. The van der Waals surface area contributed by atoms with Gasteiger partial charge in [-0.25, -0.2) is 17.9 Å². The number of esters is 1. The molecule has 1 aromatic rings. The predicted molar refractivity (Wildman–Crippen MR) is 73.3 cm³/mol. The third-order valence-electron chi connectivity index (χ3n) is 3.44. The maximum atomic E-state index is 12.3. The van der Waals surface area contributed by atoms with Crippen LogP contribution in [-0.4, -0.2) is 50.4 Å². The summed E-state index contributed by atoms with van der Waals surface area (Å²) in [7, 11) is -3.85. The van der Waals surface area contributed by atoms with E-state index in [1.54, 1.807) is 6.92 Å². The monoisotopic (exact) mass is 317 g/mol. The summed E-state index contributed by atoms with van der Waals surface area (Å²) in [5.41, 5.74) is -0.0972. The topological polar surface area (TPSA) is 110 Å². The number of hydrogen-bond acceptors (Lipinski definition) is 6. The van der Waals surface area contributed by atoms with Crippen molar-refractivity contribution in [2.75, 3.05) is 19.8 Å². The van der Waals surface area contributed by atoms with E-state index in [0.29, 0.717) is 6.61 Å². The fourth-order valence-electron chi connectivity index (χ4n) is 2.17. The minimum absolute atomic E-state index is 0.0130. The van der Waals surface area contributed by atoms with Crippen molar-refractivity contribution in [2.24, 2.45) is 5.92 Å². The lowest BCUT2D eigenvalue weighted by atomic mass is 10.0. The number of hydrogen-bond donors (Lipinski definition) is 2. The molecule has 2 atom stereocenters. The second-order valence-electron chi connectivity index (χ2n) is 4.81. The van der Waals surface area contributed by atoms with E-state index in [2.05, 4.69) is 14.9 Å². The van der Waals surface area contributed by atoms with Crippen molar-refractivity contribution in [3.05, 3.63) is 11.8 Å². The molecule has 2 heterocycles. The van der Waals surface area contributed by atoms with Gasteiger partial charge in [-0.3, -0.25) is 5.10 Å². The molecule has 8 nitrogen and oxygen atoms in total. The Morgan fingerprint density at radius 1 is 1.62 bits per heavy atom. The van der Waals surface area contributed by atoms with Crippen molar-refractivity contribution in [3.63, 3.8) is 0 Å². The first kappa shape index (κ1) is 15.9. The number of aromatic nitrogens is 2. The molecular formula is C12H19N3O5S. The summed E-state index contributed by atoms with van der Waals surface area (Å²) >= 11 is 0. The predicted octanol–water partition coefficient (Wildman–Crippen LogP) is 0.290. The first-order chi connectivity index (χ1) is 9.95. The van der Waals surface area contributed by atoms with Crippen LogP contribution in [0.2, 0.25) is 0 Å². The van der Waals surface area contributed by atoms with Gasteiger partial charge in [0, 0.05) is 19.1 Å². The number of carbonyl (C=O) groups is 1. The molecule has 1 aromatic heterocycles. The van der Waals surface area contributed by atoms with Gasteiger partial charge in [0.2, 0.25) is 0 Å².